The molecule has 0 unspecified atom stereocenters. The van der Waals surface area contributed by atoms with Crippen LogP contribution in [-0.4, -0.2) is 11.5 Å². The Morgan fingerprint density at radius 2 is 1.67 bits per heavy atom. The molecule has 108 valence electrons. The van der Waals surface area contributed by atoms with Crippen LogP contribution in [0.25, 0.3) is 11.4 Å². The molecule has 0 bridgehead atoms. The molecule has 3 rings (SSSR count). The van der Waals surface area contributed by atoms with Gasteiger partial charge in [0.2, 0.25) is 0 Å². The van der Waals surface area contributed by atoms with Crippen molar-refractivity contribution in [3.63, 3.8) is 0 Å². The number of anilines is 1. The molecule has 0 saturated heterocycles. The number of hydrogen-bond donors (Lipinski definition) is 3. The van der Waals surface area contributed by atoms with Crippen molar-refractivity contribution in [3.05, 3.63) is 65.2 Å². The quantitative estimate of drug-likeness (QED) is 0.430. The molecule has 0 fully saturated rings. The summed E-state index contributed by atoms with van der Waals surface area (Å²) in [7, 11) is 2.06. The highest BCUT2D eigenvalue weighted by Crippen LogP contribution is 2.36. The van der Waals surface area contributed by atoms with Gasteiger partial charge in [-0.25, -0.2) is 5.84 Å². The molecule has 2 aromatic rings. The zero-order valence-electron chi connectivity index (χ0n) is 11.8. The van der Waals surface area contributed by atoms with E-state index in [1.165, 1.54) is 9.98 Å². The SMILES string of the molecule is CN1Cc2ccccc2/C(N)=C(/N(N)S)c2ccccc21. The number of nitrogens with zero attached hydrogens (tertiary/aromatic N) is 2. The van der Waals surface area contributed by atoms with Crippen LogP contribution in [0.15, 0.2) is 48.5 Å². The van der Waals surface area contributed by atoms with E-state index in [2.05, 4.69) is 36.9 Å². The number of thiol groups is 1. The molecule has 0 saturated carbocycles. The lowest BCUT2D eigenvalue weighted by molar-refractivity contribution is 0.708. The summed E-state index contributed by atoms with van der Waals surface area (Å²) in [5.41, 5.74) is 12.0. The second-order valence-corrected chi connectivity index (χ2v) is 5.57. The highest BCUT2D eigenvalue weighted by atomic mass is 32.1. The third-order valence-electron chi connectivity index (χ3n) is 3.77. The Kier molecular flexibility index (Phi) is 3.53. The van der Waals surface area contributed by atoms with Crippen molar-refractivity contribution in [2.24, 2.45) is 11.6 Å². The molecule has 0 aromatic heterocycles. The second-order valence-electron chi connectivity index (χ2n) is 5.14. The summed E-state index contributed by atoms with van der Waals surface area (Å²) in [5, 5.41) is 0. The summed E-state index contributed by atoms with van der Waals surface area (Å²) in [4.78, 5) is 2.19. The van der Waals surface area contributed by atoms with Gasteiger partial charge in [0.25, 0.3) is 0 Å². The molecule has 0 amide bonds. The van der Waals surface area contributed by atoms with Crippen molar-refractivity contribution in [3.8, 4) is 0 Å². The minimum absolute atomic E-state index is 0.642. The summed E-state index contributed by atoms with van der Waals surface area (Å²) in [6, 6.07) is 16.2. The second kappa shape index (κ2) is 5.35. The topological polar surface area (TPSA) is 58.5 Å². The van der Waals surface area contributed by atoms with Crippen molar-refractivity contribution in [2.75, 3.05) is 11.9 Å². The normalized spacial score (nSPS) is 17.6. The first-order valence-electron chi connectivity index (χ1n) is 6.72. The van der Waals surface area contributed by atoms with Crippen LogP contribution in [0.2, 0.25) is 0 Å². The molecular formula is C16H18N4S. The van der Waals surface area contributed by atoms with Crippen molar-refractivity contribution < 1.29 is 0 Å². The maximum Gasteiger partial charge on any atom is 0.0970 e. The van der Waals surface area contributed by atoms with Crippen LogP contribution in [0, 0.1) is 0 Å². The van der Waals surface area contributed by atoms with Crippen molar-refractivity contribution in [1.82, 2.24) is 4.41 Å². The molecule has 2 aromatic carbocycles. The number of hydrogen-bond acceptors (Lipinski definition) is 5. The third kappa shape index (κ3) is 2.34. The van der Waals surface area contributed by atoms with E-state index < -0.39 is 0 Å². The zero-order valence-corrected chi connectivity index (χ0v) is 12.7. The average molecular weight is 298 g/mol. The monoisotopic (exact) mass is 298 g/mol. The fourth-order valence-electron chi connectivity index (χ4n) is 2.79. The lowest BCUT2D eigenvalue weighted by atomic mass is 9.97. The Bertz CT molecular complexity index is 709. The van der Waals surface area contributed by atoms with Gasteiger partial charge in [-0.1, -0.05) is 42.5 Å². The van der Waals surface area contributed by atoms with E-state index in [4.69, 9.17) is 11.6 Å². The molecule has 0 aliphatic carbocycles. The van der Waals surface area contributed by atoms with Gasteiger partial charge in [0.05, 0.1) is 11.4 Å². The van der Waals surface area contributed by atoms with Crippen molar-refractivity contribution >= 4 is 29.9 Å². The Balaban J connectivity index is 2.35. The van der Waals surface area contributed by atoms with Gasteiger partial charge in [0.15, 0.2) is 0 Å². The first-order valence-corrected chi connectivity index (χ1v) is 7.12. The van der Waals surface area contributed by atoms with Crippen LogP contribution in [0.1, 0.15) is 16.7 Å². The van der Waals surface area contributed by atoms with Crippen molar-refractivity contribution in [1.29, 1.82) is 0 Å². The van der Waals surface area contributed by atoms with E-state index in [0.29, 0.717) is 11.4 Å². The molecule has 21 heavy (non-hydrogen) atoms. The smallest absolute Gasteiger partial charge is 0.0970 e. The van der Waals surface area contributed by atoms with E-state index in [0.717, 1.165) is 23.4 Å². The zero-order chi connectivity index (χ0) is 15.0. The number of hydrazine groups is 1. The number of para-hydroxylation sites is 1. The van der Waals surface area contributed by atoms with Gasteiger partial charge in [-0.3, -0.25) is 4.41 Å². The van der Waals surface area contributed by atoms with Gasteiger partial charge in [0.1, 0.15) is 0 Å². The molecule has 5 heteroatoms. The summed E-state index contributed by atoms with van der Waals surface area (Å²) in [6.07, 6.45) is 0. The third-order valence-corrected chi connectivity index (χ3v) is 3.97. The van der Waals surface area contributed by atoms with Gasteiger partial charge in [-0.05, 0) is 24.4 Å². The van der Waals surface area contributed by atoms with Crippen LogP contribution >= 0.6 is 12.8 Å². The predicted octanol–water partition coefficient (Wildman–Crippen LogP) is 2.44. The molecule has 1 aliphatic rings. The molecule has 0 spiro atoms. The Morgan fingerprint density at radius 3 is 2.38 bits per heavy atom. The van der Waals surface area contributed by atoms with Crippen LogP contribution in [0.3, 0.4) is 0 Å². The molecule has 4 N–H and O–H groups in total. The highest BCUT2D eigenvalue weighted by Gasteiger charge is 2.22. The molecule has 4 nitrogen and oxygen atoms in total. The minimum Gasteiger partial charge on any atom is -0.396 e. The summed E-state index contributed by atoms with van der Waals surface area (Å²) < 4.78 is 1.30. The average Bonchev–Trinajstić information content (AvgIpc) is 2.47. The van der Waals surface area contributed by atoms with Crippen LogP contribution in [0.5, 0.6) is 0 Å². The van der Waals surface area contributed by atoms with Crippen LogP contribution < -0.4 is 16.5 Å². The number of benzene rings is 2. The Morgan fingerprint density at radius 1 is 1.05 bits per heavy atom. The summed E-state index contributed by atoms with van der Waals surface area (Å²) in [5.74, 6) is 5.94. The molecule has 1 aliphatic heterocycles. The minimum atomic E-state index is 0.642. The van der Waals surface area contributed by atoms with Gasteiger partial charge < -0.3 is 10.6 Å². The first-order chi connectivity index (χ1) is 10.1. The lowest BCUT2D eigenvalue weighted by Gasteiger charge is -2.30. The molecule has 1 heterocycles. The Hall–Kier alpha value is -2.11. The number of nitrogens with two attached hydrogens (primary N) is 2. The fraction of sp³-hybridized carbons (Fsp3) is 0.125. The summed E-state index contributed by atoms with van der Waals surface area (Å²) >= 11 is 4.28. The first kappa shape index (κ1) is 13.9. The van der Waals surface area contributed by atoms with Gasteiger partial charge in [0, 0.05) is 30.4 Å². The number of rotatable bonds is 1. The summed E-state index contributed by atoms with van der Waals surface area (Å²) in [6.45, 7) is 0.790. The predicted molar refractivity (Wildman–Crippen MR) is 91.0 cm³/mol. The standard InChI is InChI=1S/C16H18N4S/c1-19-10-11-6-2-3-7-12(11)15(17)16(20(18)21)13-8-4-5-9-14(13)19/h2-9,21H,10,17-18H2,1H3/b16-15-. The highest BCUT2D eigenvalue weighted by molar-refractivity contribution is 7.78. The largest absolute Gasteiger partial charge is 0.396 e. The maximum absolute atomic E-state index is 6.41. The Labute approximate surface area is 130 Å². The van der Waals surface area contributed by atoms with Gasteiger partial charge in [-0.2, -0.15) is 0 Å². The van der Waals surface area contributed by atoms with E-state index in [-0.39, 0.29) is 0 Å². The van der Waals surface area contributed by atoms with Crippen molar-refractivity contribution in [2.45, 2.75) is 6.54 Å². The fourth-order valence-corrected chi connectivity index (χ4v) is 3.00. The molecule has 0 radical (unpaired) electrons. The van der Waals surface area contributed by atoms with Gasteiger partial charge >= 0.3 is 0 Å². The van der Waals surface area contributed by atoms with Gasteiger partial charge in [-0.15, -0.1) is 0 Å². The number of fused-ring (bicyclic) bond motifs is 2. The van der Waals surface area contributed by atoms with Crippen LogP contribution in [-0.2, 0) is 6.54 Å². The maximum atomic E-state index is 6.41. The van der Waals surface area contributed by atoms with E-state index >= 15 is 0 Å². The molecular weight excluding hydrogens is 280 g/mol. The van der Waals surface area contributed by atoms with E-state index in [1.807, 2.05) is 36.4 Å². The van der Waals surface area contributed by atoms with E-state index in [1.54, 1.807) is 0 Å². The lowest BCUT2D eigenvalue weighted by Crippen LogP contribution is -2.27. The van der Waals surface area contributed by atoms with E-state index in [9.17, 15) is 0 Å². The van der Waals surface area contributed by atoms with Crippen LogP contribution in [0.4, 0.5) is 5.69 Å². The molecule has 0 atom stereocenters.